The zero-order valence-electron chi connectivity index (χ0n) is 10.9. The van der Waals surface area contributed by atoms with Gasteiger partial charge >= 0.3 is 0 Å². The van der Waals surface area contributed by atoms with E-state index in [-0.39, 0.29) is 0 Å². The third-order valence-corrected chi connectivity index (χ3v) is 3.13. The van der Waals surface area contributed by atoms with Gasteiger partial charge in [0.15, 0.2) is 0 Å². The molecule has 2 aromatic carbocycles. The number of benzene rings is 2. The fourth-order valence-electron chi connectivity index (χ4n) is 2.06. The topological polar surface area (TPSA) is 3.24 Å². The van der Waals surface area contributed by atoms with Crippen LogP contribution in [0.15, 0.2) is 72.3 Å². The Labute approximate surface area is 120 Å². The lowest BCUT2D eigenvalue weighted by atomic mass is 10.1. The maximum Gasteiger partial charge on any atom is 0.0240 e. The van der Waals surface area contributed by atoms with Crippen LogP contribution in [0.25, 0.3) is 0 Å². The molecule has 2 heteroatoms. The Hall–Kier alpha value is -1.57. The third-order valence-electron chi connectivity index (χ3n) is 2.95. The lowest BCUT2D eigenvalue weighted by molar-refractivity contribution is 0.286. The second kappa shape index (κ2) is 7.78. The Bertz CT molecular complexity index is 452. The third kappa shape index (κ3) is 4.90. The summed E-state index contributed by atoms with van der Waals surface area (Å²) in [6.07, 6.45) is 1.98. The molecule has 0 saturated carbocycles. The van der Waals surface area contributed by atoms with Crippen LogP contribution in [-0.4, -0.2) is 11.4 Å². The zero-order chi connectivity index (χ0) is 13.3. The molecule has 0 amide bonds. The van der Waals surface area contributed by atoms with Crippen LogP contribution in [0, 0.1) is 0 Å². The number of rotatable bonds is 6. The Morgan fingerprint density at radius 3 is 1.68 bits per heavy atom. The zero-order valence-corrected chi connectivity index (χ0v) is 11.6. The highest BCUT2D eigenvalue weighted by Gasteiger charge is 2.05. The molecule has 19 heavy (non-hydrogen) atoms. The first-order chi connectivity index (χ1) is 9.38. The highest BCUT2D eigenvalue weighted by Crippen LogP contribution is 2.10. The first-order valence-corrected chi connectivity index (χ1v) is 6.87. The van der Waals surface area contributed by atoms with Crippen molar-refractivity contribution in [3.63, 3.8) is 0 Å². The Morgan fingerprint density at radius 1 is 0.789 bits per heavy atom. The van der Waals surface area contributed by atoms with Crippen molar-refractivity contribution in [2.24, 2.45) is 0 Å². The molecule has 0 fully saturated rings. The molecule has 0 saturated heterocycles. The van der Waals surface area contributed by atoms with Gasteiger partial charge in [0.05, 0.1) is 0 Å². The molecular weight excluding hydrogens is 254 g/mol. The first-order valence-electron chi connectivity index (χ1n) is 6.44. The van der Waals surface area contributed by atoms with Gasteiger partial charge in [-0.15, -0.1) is 0 Å². The summed E-state index contributed by atoms with van der Waals surface area (Å²) < 4.78 is 0. The normalized spacial score (nSPS) is 11.3. The maximum atomic E-state index is 5.64. The van der Waals surface area contributed by atoms with E-state index in [1.165, 1.54) is 11.1 Å². The standard InChI is InChI=1S/C17H18ClN/c18-12-7-13-19(14-16-8-3-1-4-9-16)15-17-10-5-2-6-11-17/h1-12H,13-15H2/b12-7+. The van der Waals surface area contributed by atoms with Crippen molar-refractivity contribution >= 4 is 11.6 Å². The van der Waals surface area contributed by atoms with Crippen LogP contribution < -0.4 is 0 Å². The summed E-state index contributed by atoms with van der Waals surface area (Å²) in [6.45, 7) is 2.71. The first kappa shape index (κ1) is 13.9. The number of hydrogen-bond donors (Lipinski definition) is 0. The van der Waals surface area contributed by atoms with Crippen molar-refractivity contribution in [1.29, 1.82) is 0 Å². The van der Waals surface area contributed by atoms with Gasteiger partial charge in [-0.05, 0) is 11.1 Å². The molecule has 0 aliphatic carbocycles. The van der Waals surface area contributed by atoms with E-state index in [4.69, 9.17) is 11.6 Å². The van der Waals surface area contributed by atoms with Gasteiger partial charge in [0, 0.05) is 25.2 Å². The van der Waals surface area contributed by atoms with Gasteiger partial charge in [0.1, 0.15) is 0 Å². The lowest BCUT2D eigenvalue weighted by Crippen LogP contribution is -2.22. The van der Waals surface area contributed by atoms with Gasteiger partial charge in [-0.3, -0.25) is 4.90 Å². The van der Waals surface area contributed by atoms with Gasteiger partial charge in [-0.2, -0.15) is 0 Å². The van der Waals surface area contributed by atoms with Gasteiger partial charge in [-0.25, -0.2) is 0 Å². The molecule has 0 heterocycles. The second-order valence-electron chi connectivity index (χ2n) is 4.50. The fourth-order valence-corrected chi connectivity index (χ4v) is 2.14. The minimum atomic E-state index is 0.854. The number of halogens is 1. The summed E-state index contributed by atoms with van der Waals surface area (Å²) in [6, 6.07) is 21.0. The Morgan fingerprint density at radius 2 is 1.26 bits per heavy atom. The van der Waals surface area contributed by atoms with Gasteiger partial charge < -0.3 is 0 Å². The molecule has 0 bridgehead atoms. The maximum absolute atomic E-state index is 5.64. The monoisotopic (exact) mass is 271 g/mol. The minimum Gasteiger partial charge on any atom is -0.291 e. The van der Waals surface area contributed by atoms with Crippen LogP contribution in [-0.2, 0) is 13.1 Å². The fraction of sp³-hybridized carbons (Fsp3) is 0.176. The highest BCUT2D eigenvalue weighted by molar-refractivity contribution is 6.25. The summed E-state index contributed by atoms with van der Waals surface area (Å²) in [7, 11) is 0. The molecule has 0 spiro atoms. The molecule has 1 nitrogen and oxygen atoms in total. The van der Waals surface area contributed by atoms with Crippen molar-refractivity contribution in [1.82, 2.24) is 4.90 Å². The number of nitrogens with zero attached hydrogens (tertiary/aromatic N) is 1. The molecule has 0 radical (unpaired) electrons. The average molecular weight is 272 g/mol. The van der Waals surface area contributed by atoms with Crippen molar-refractivity contribution in [2.45, 2.75) is 13.1 Å². The van der Waals surface area contributed by atoms with E-state index in [2.05, 4.69) is 53.4 Å². The van der Waals surface area contributed by atoms with E-state index in [0.29, 0.717) is 0 Å². The molecular formula is C17H18ClN. The molecule has 0 N–H and O–H groups in total. The van der Waals surface area contributed by atoms with E-state index < -0.39 is 0 Å². The number of hydrogen-bond acceptors (Lipinski definition) is 1. The van der Waals surface area contributed by atoms with E-state index in [0.717, 1.165) is 19.6 Å². The molecule has 0 aliphatic heterocycles. The van der Waals surface area contributed by atoms with E-state index in [1.807, 2.05) is 18.2 Å². The molecule has 98 valence electrons. The van der Waals surface area contributed by atoms with Crippen LogP contribution >= 0.6 is 11.6 Å². The summed E-state index contributed by atoms with van der Waals surface area (Å²) in [5, 5.41) is 0. The summed E-state index contributed by atoms with van der Waals surface area (Å²) in [5.74, 6) is 0. The van der Waals surface area contributed by atoms with Crippen LogP contribution in [0.5, 0.6) is 0 Å². The largest absolute Gasteiger partial charge is 0.291 e. The van der Waals surface area contributed by atoms with Crippen molar-refractivity contribution in [2.75, 3.05) is 6.54 Å². The average Bonchev–Trinajstić information content (AvgIpc) is 2.47. The van der Waals surface area contributed by atoms with Gasteiger partial charge in [-0.1, -0.05) is 78.3 Å². The molecule has 0 unspecified atom stereocenters. The molecule has 0 aliphatic rings. The predicted octanol–water partition coefficient (Wildman–Crippen LogP) is 4.44. The molecule has 0 atom stereocenters. The van der Waals surface area contributed by atoms with Gasteiger partial charge in [0.25, 0.3) is 0 Å². The summed E-state index contributed by atoms with van der Waals surface area (Å²) in [4.78, 5) is 2.36. The van der Waals surface area contributed by atoms with Crippen molar-refractivity contribution in [3.05, 3.63) is 83.4 Å². The van der Waals surface area contributed by atoms with Crippen LogP contribution in [0.4, 0.5) is 0 Å². The van der Waals surface area contributed by atoms with Crippen molar-refractivity contribution in [3.8, 4) is 0 Å². The summed E-state index contributed by atoms with van der Waals surface area (Å²) >= 11 is 5.64. The quantitative estimate of drug-likeness (QED) is 0.751. The highest BCUT2D eigenvalue weighted by atomic mass is 35.5. The summed E-state index contributed by atoms with van der Waals surface area (Å²) in [5.41, 5.74) is 4.23. The lowest BCUT2D eigenvalue weighted by Gasteiger charge is -2.21. The van der Waals surface area contributed by atoms with E-state index in [9.17, 15) is 0 Å². The Kier molecular flexibility index (Phi) is 5.67. The molecule has 0 aromatic heterocycles. The van der Waals surface area contributed by atoms with Crippen LogP contribution in [0.3, 0.4) is 0 Å². The van der Waals surface area contributed by atoms with E-state index >= 15 is 0 Å². The Balaban J connectivity index is 2.03. The van der Waals surface area contributed by atoms with Crippen molar-refractivity contribution < 1.29 is 0 Å². The minimum absolute atomic E-state index is 0.854. The SMILES string of the molecule is Cl/C=C/CN(Cc1ccccc1)Cc1ccccc1. The second-order valence-corrected chi connectivity index (χ2v) is 4.75. The smallest absolute Gasteiger partial charge is 0.0240 e. The van der Waals surface area contributed by atoms with Gasteiger partial charge in [0.2, 0.25) is 0 Å². The molecule has 2 aromatic rings. The predicted molar refractivity (Wildman–Crippen MR) is 82.0 cm³/mol. The van der Waals surface area contributed by atoms with Crippen LogP contribution in [0.2, 0.25) is 0 Å². The van der Waals surface area contributed by atoms with E-state index in [1.54, 1.807) is 5.54 Å². The molecule has 2 rings (SSSR count). The van der Waals surface area contributed by atoms with Crippen LogP contribution in [0.1, 0.15) is 11.1 Å².